The zero-order chi connectivity index (χ0) is 15.5. The first-order chi connectivity index (χ1) is 9.40. The minimum Gasteiger partial charge on any atom is -0.469 e. The van der Waals surface area contributed by atoms with Crippen LogP contribution in [0.5, 0.6) is 0 Å². The Morgan fingerprint density at radius 3 is 2.20 bits per heavy atom. The second-order valence-electron chi connectivity index (χ2n) is 3.95. The minimum atomic E-state index is -0.965. The highest BCUT2D eigenvalue weighted by atomic mass is 16.5. The average molecular weight is 289 g/mol. The van der Waals surface area contributed by atoms with Crippen LogP contribution in [0.2, 0.25) is 0 Å². The smallest absolute Gasteiger partial charge is 0.328 e. The molecule has 1 amide bonds. The van der Waals surface area contributed by atoms with Crippen molar-refractivity contribution < 1.29 is 33.4 Å². The van der Waals surface area contributed by atoms with Crippen LogP contribution in [-0.2, 0) is 33.4 Å². The molecule has 0 aliphatic rings. The molecule has 0 aliphatic heterocycles. The van der Waals surface area contributed by atoms with E-state index in [9.17, 15) is 19.2 Å². The molecule has 8 heteroatoms. The first-order valence-corrected chi connectivity index (χ1v) is 5.91. The number of amides is 1. The van der Waals surface area contributed by atoms with Gasteiger partial charge in [0.05, 0.1) is 14.2 Å². The van der Waals surface area contributed by atoms with Gasteiger partial charge in [-0.2, -0.15) is 0 Å². The summed E-state index contributed by atoms with van der Waals surface area (Å²) in [5, 5.41) is 2.36. The zero-order valence-corrected chi connectivity index (χ0v) is 11.8. The van der Waals surface area contributed by atoms with Crippen molar-refractivity contribution in [1.29, 1.82) is 0 Å². The average Bonchev–Trinajstić information content (AvgIpc) is 2.41. The molecule has 0 saturated carbocycles. The second-order valence-corrected chi connectivity index (χ2v) is 3.95. The standard InChI is InChI=1S/C12H19NO7/c1-8(14)6-20-7-10(15)13-9(12(17)19-3)4-5-11(16)18-2/h9H,4-7H2,1-3H3,(H,13,15)/t9-/m0/s1. The van der Waals surface area contributed by atoms with Gasteiger partial charge in [0.1, 0.15) is 19.3 Å². The lowest BCUT2D eigenvalue weighted by molar-refractivity contribution is -0.147. The summed E-state index contributed by atoms with van der Waals surface area (Å²) in [5.74, 6) is -1.96. The van der Waals surface area contributed by atoms with Crippen LogP contribution >= 0.6 is 0 Å². The first-order valence-electron chi connectivity index (χ1n) is 5.91. The molecular weight excluding hydrogens is 270 g/mol. The third kappa shape index (κ3) is 8.20. The summed E-state index contributed by atoms with van der Waals surface area (Å²) in [4.78, 5) is 44.6. The quantitative estimate of drug-likeness (QED) is 0.554. The van der Waals surface area contributed by atoms with Gasteiger partial charge in [-0.15, -0.1) is 0 Å². The second kappa shape index (κ2) is 9.90. The Morgan fingerprint density at radius 2 is 1.70 bits per heavy atom. The van der Waals surface area contributed by atoms with Gasteiger partial charge >= 0.3 is 11.9 Å². The van der Waals surface area contributed by atoms with Crippen LogP contribution in [0.15, 0.2) is 0 Å². The van der Waals surface area contributed by atoms with Crippen LogP contribution in [0.25, 0.3) is 0 Å². The van der Waals surface area contributed by atoms with Crippen molar-refractivity contribution in [1.82, 2.24) is 5.32 Å². The summed E-state index contributed by atoms with van der Waals surface area (Å²) in [6.07, 6.45) is 0.0165. The van der Waals surface area contributed by atoms with E-state index >= 15 is 0 Å². The minimum absolute atomic E-state index is 0.0369. The van der Waals surface area contributed by atoms with Gasteiger partial charge in [-0.05, 0) is 13.3 Å². The van der Waals surface area contributed by atoms with Crippen molar-refractivity contribution in [2.24, 2.45) is 0 Å². The molecule has 8 nitrogen and oxygen atoms in total. The number of carbonyl (C=O) groups excluding carboxylic acids is 4. The van der Waals surface area contributed by atoms with Gasteiger partial charge < -0.3 is 19.5 Å². The number of ketones is 1. The monoisotopic (exact) mass is 289 g/mol. The molecule has 0 radical (unpaired) electrons. The summed E-state index contributed by atoms with van der Waals surface area (Å²) in [6, 6.07) is -0.965. The molecule has 0 bridgehead atoms. The van der Waals surface area contributed by atoms with Gasteiger partial charge in [-0.3, -0.25) is 14.4 Å². The Bertz CT molecular complexity index is 367. The summed E-state index contributed by atoms with van der Waals surface area (Å²) in [6.45, 7) is 0.787. The lowest BCUT2D eigenvalue weighted by Gasteiger charge is -2.15. The number of Topliss-reactive ketones (excluding diaryl/α,β-unsaturated/α-hetero) is 1. The molecule has 0 aromatic rings. The number of carbonyl (C=O) groups is 4. The van der Waals surface area contributed by atoms with E-state index in [0.29, 0.717) is 0 Å². The van der Waals surface area contributed by atoms with E-state index < -0.39 is 23.9 Å². The highest BCUT2D eigenvalue weighted by Gasteiger charge is 2.22. The van der Waals surface area contributed by atoms with Crippen LogP contribution in [0.3, 0.4) is 0 Å². The maximum atomic E-state index is 11.5. The van der Waals surface area contributed by atoms with Gasteiger partial charge in [0.15, 0.2) is 5.78 Å². The predicted octanol–water partition coefficient (Wildman–Crippen LogP) is -0.797. The van der Waals surface area contributed by atoms with Gasteiger partial charge in [0.2, 0.25) is 5.91 Å². The zero-order valence-electron chi connectivity index (χ0n) is 11.8. The fourth-order valence-corrected chi connectivity index (χ4v) is 1.28. The molecule has 1 atom stereocenters. The molecule has 0 aromatic heterocycles. The Kier molecular flexibility index (Phi) is 8.93. The van der Waals surface area contributed by atoms with E-state index in [-0.39, 0.29) is 31.8 Å². The summed E-state index contributed by atoms with van der Waals surface area (Å²) >= 11 is 0. The molecule has 20 heavy (non-hydrogen) atoms. The van der Waals surface area contributed by atoms with E-state index in [1.165, 1.54) is 21.1 Å². The van der Waals surface area contributed by atoms with Crippen molar-refractivity contribution in [2.75, 3.05) is 27.4 Å². The maximum absolute atomic E-state index is 11.5. The van der Waals surface area contributed by atoms with Crippen molar-refractivity contribution in [3.8, 4) is 0 Å². The van der Waals surface area contributed by atoms with Gasteiger partial charge in [-0.1, -0.05) is 0 Å². The number of hydrogen-bond donors (Lipinski definition) is 1. The number of nitrogens with one attached hydrogen (secondary N) is 1. The normalized spacial score (nSPS) is 11.3. The van der Waals surface area contributed by atoms with Crippen molar-refractivity contribution in [2.45, 2.75) is 25.8 Å². The lowest BCUT2D eigenvalue weighted by Crippen LogP contribution is -2.43. The molecule has 0 unspecified atom stereocenters. The summed E-state index contributed by atoms with van der Waals surface area (Å²) in [5.41, 5.74) is 0. The van der Waals surface area contributed by atoms with Crippen LogP contribution in [0, 0.1) is 0 Å². The van der Waals surface area contributed by atoms with Crippen LogP contribution < -0.4 is 5.32 Å². The summed E-state index contributed by atoms with van der Waals surface area (Å²) in [7, 11) is 2.40. The first kappa shape index (κ1) is 18.0. The van der Waals surface area contributed by atoms with E-state index in [0.717, 1.165) is 0 Å². The Balaban J connectivity index is 4.27. The Morgan fingerprint density at radius 1 is 1.05 bits per heavy atom. The molecule has 0 saturated heterocycles. The highest BCUT2D eigenvalue weighted by Crippen LogP contribution is 2.01. The maximum Gasteiger partial charge on any atom is 0.328 e. The van der Waals surface area contributed by atoms with Gasteiger partial charge in [0.25, 0.3) is 0 Å². The van der Waals surface area contributed by atoms with E-state index in [2.05, 4.69) is 14.8 Å². The van der Waals surface area contributed by atoms with Crippen molar-refractivity contribution >= 4 is 23.6 Å². The fourth-order valence-electron chi connectivity index (χ4n) is 1.28. The number of methoxy groups -OCH3 is 2. The summed E-state index contributed by atoms with van der Waals surface area (Å²) < 4.78 is 13.8. The molecule has 0 aliphatic carbocycles. The third-order valence-electron chi connectivity index (χ3n) is 2.22. The van der Waals surface area contributed by atoms with Gasteiger partial charge in [-0.25, -0.2) is 4.79 Å². The van der Waals surface area contributed by atoms with E-state index in [4.69, 9.17) is 4.74 Å². The number of esters is 2. The lowest BCUT2D eigenvalue weighted by atomic mass is 10.1. The number of ether oxygens (including phenoxy) is 3. The topological polar surface area (TPSA) is 108 Å². The number of hydrogen-bond acceptors (Lipinski definition) is 7. The predicted molar refractivity (Wildman–Crippen MR) is 66.7 cm³/mol. The van der Waals surface area contributed by atoms with E-state index in [1.54, 1.807) is 0 Å². The van der Waals surface area contributed by atoms with Crippen molar-refractivity contribution in [3.63, 3.8) is 0 Å². The fraction of sp³-hybridized carbons (Fsp3) is 0.667. The molecule has 0 aromatic carbocycles. The van der Waals surface area contributed by atoms with Crippen molar-refractivity contribution in [3.05, 3.63) is 0 Å². The van der Waals surface area contributed by atoms with Crippen LogP contribution in [0.1, 0.15) is 19.8 Å². The largest absolute Gasteiger partial charge is 0.469 e. The molecule has 0 rings (SSSR count). The van der Waals surface area contributed by atoms with E-state index in [1.807, 2.05) is 0 Å². The molecular formula is C12H19NO7. The number of rotatable bonds is 9. The SMILES string of the molecule is COC(=O)CC[C@H](NC(=O)COCC(C)=O)C(=O)OC. The molecule has 114 valence electrons. The highest BCUT2D eigenvalue weighted by molar-refractivity contribution is 5.85. The van der Waals surface area contributed by atoms with Crippen LogP contribution in [0.4, 0.5) is 0 Å². The molecule has 1 N–H and O–H groups in total. The Hall–Kier alpha value is -1.96. The Labute approximate surface area is 116 Å². The van der Waals surface area contributed by atoms with Gasteiger partial charge in [0, 0.05) is 6.42 Å². The third-order valence-corrected chi connectivity index (χ3v) is 2.22. The molecule has 0 spiro atoms. The van der Waals surface area contributed by atoms with Crippen LogP contribution in [-0.4, -0.2) is 57.1 Å². The molecule has 0 heterocycles. The molecule has 0 fully saturated rings.